The zero-order valence-corrected chi connectivity index (χ0v) is 8.86. The first-order chi connectivity index (χ1) is 6.66. The molecule has 0 fully saturated rings. The maximum Gasteiger partial charge on any atom is 0.248 e. The van der Waals surface area contributed by atoms with Crippen molar-refractivity contribution in [2.75, 3.05) is 0 Å². The average Bonchev–Trinajstić information content (AvgIpc) is 2.56. The number of imidazole rings is 1. The maximum absolute atomic E-state index is 2.20. The Morgan fingerprint density at radius 2 is 2.00 bits per heavy atom. The van der Waals surface area contributed by atoms with E-state index >= 15 is 0 Å². The van der Waals surface area contributed by atoms with Gasteiger partial charge in [0.05, 0.1) is 7.05 Å². The van der Waals surface area contributed by atoms with Gasteiger partial charge < -0.3 is 0 Å². The molecule has 1 aromatic heterocycles. The average molecular weight is 187 g/mol. The van der Waals surface area contributed by atoms with Crippen LogP contribution < -0.4 is 4.57 Å². The molecule has 0 aliphatic carbocycles. The molecule has 0 N–H and O–H groups in total. The third kappa shape index (κ3) is 1.55. The molecular weight excluding hydrogens is 172 g/mol. The summed E-state index contributed by atoms with van der Waals surface area (Å²) in [5.41, 5.74) is 3.85. The van der Waals surface area contributed by atoms with Gasteiger partial charge in [-0.25, -0.2) is 9.13 Å². The molecule has 2 rings (SSSR count). The molecule has 0 radical (unpaired) electrons. The van der Waals surface area contributed by atoms with Gasteiger partial charge in [-0.1, -0.05) is 12.1 Å². The molecular formula is C12H15N2+. The summed E-state index contributed by atoms with van der Waals surface area (Å²) in [6, 6.07) is 6.50. The second-order valence-corrected chi connectivity index (χ2v) is 3.78. The quantitative estimate of drug-likeness (QED) is 0.603. The molecule has 1 heterocycles. The molecule has 0 spiro atoms. The number of benzene rings is 1. The largest absolute Gasteiger partial charge is 0.248 e. The highest BCUT2D eigenvalue weighted by molar-refractivity contribution is 5.42. The number of nitrogens with zero attached hydrogens (tertiary/aromatic N) is 2. The topological polar surface area (TPSA) is 8.81 Å². The van der Waals surface area contributed by atoms with Crippen molar-refractivity contribution in [2.24, 2.45) is 7.05 Å². The van der Waals surface area contributed by atoms with Crippen molar-refractivity contribution in [1.29, 1.82) is 0 Å². The number of rotatable bonds is 1. The van der Waals surface area contributed by atoms with Crippen LogP contribution in [0.5, 0.6) is 0 Å². The van der Waals surface area contributed by atoms with Crippen molar-refractivity contribution in [3.8, 4) is 5.69 Å². The fraction of sp³-hybridized carbons (Fsp3) is 0.250. The van der Waals surface area contributed by atoms with Crippen LogP contribution in [-0.2, 0) is 7.05 Å². The third-order valence-electron chi connectivity index (χ3n) is 2.41. The fourth-order valence-electron chi connectivity index (χ4n) is 1.59. The van der Waals surface area contributed by atoms with Crippen molar-refractivity contribution >= 4 is 0 Å². The van der Waals surface area contributed by atoms with E-state index in [0.29, 0.717) is 0 Å². The Morgan fingerprint density at radius 3 is 2.64 bits per heavy atom. The molecule has 72 valence electrons. The van der Waals surface area contributed by atoms with Crippen molar-refractivity contribution in [3.63, 3.8) is 0 Å². The minimum Gasteiger partial charge on any atom is -0.239 e. The lowest BCUT2D eigenvalue weighted by molar-refractivity contribution is -0.670. The molecule has 0 saturated carbocycles. The summed E-state index contributed by atoms with van der Waals surface area (Å²) in [5, 5.41) is 0. The first kappa shape index (κ1) is 9.00. The zero-order chi connectivity index (χ0) is 10.1. The summed E-state index contributed by atoms with van der Waals surface area (Å²) in [6.07, 6.45) is 6.19. The normalized spacial score (nSPS) is 10.5. The number of hydrogen-bond acceptors (Lipinski definition) is 0. The predicted octanol–water partition coefficient (Wildman–Crippen LogP) is 1.92. The zero-order valence-electron chi connectivity index (χ0n) is 8.86. The summed E-state index contributed by atoms with van der Waals surface area (Å²) in [7, 11) is 2.03. The van der Waals surface area contributed by atoms with Gasteiger partial charge in [-0.3, -0.25) is 0 Å². The Hall–Kier alpha value is -1.57. The van der Waals surface area contributed by atoms with E-state index in [1.165, 1.54) is 16.8 Å². The van der Waals surface area contributed by atoms with E-state index in [2.05, 4.69) is 49.1 Å². The molecule has 0 saturated heterocycles. The SMILES string of the molecule is Cc1ccc(C)c(-n2cc[n+](C)c2)c1. The molecule has 2 nitrogen and oxygen atoms in total. The monoisotopic (exact) mass is 187 g/mol. The van der Waals surface area contributed by atoms with Gasteiger partial charge in [-0.2, -0.15) is 0 Å². The van der Waals surface area contributed by atoms with Gasteiger partial charge in [-0.05, 0) is 31.0 Å². The summed E-state index contributed by atoms with van der Waals surface area (Å²) in [6.45, 7) is 4.25. The van der Waals surface area contributed by atoms with E-state index in [0.717, 1.165) is 0 Å². The predicted molar refractivity (Wildman–Crippen MR) is 56.4 cm³/mol. The summed E-state index contributed by atoms with van der Waals surface area (Å²) < 4.78 is 4.18. The molecule has 0 unspecified atom stereocenters. The van der Waals surface area contributed by atoms with E-state index in [9.17, 15) is 0 Å². The number of aromatic nitrogens is 2. The van der Waals surface area contributed by atoms with E-state index in [4.69, 9.17) is 0 Å². The molecule has 0 aliphatic rings. The van der Waals surface area contributed by atoms with Crippen molar-refractivity contribution < 1.29 is 4.57 Å². The Balaban J connectivity index is 2.55. The molecule has 2 aromatic rings. The smallest absolute Gasteiger partial charge is 0.239 e. The highest BCUT2D eigenvalue weighted by Crippen LogP contribution is 2.14. The lowest BCUT2D eigenvalue weighted by Gasteiger charge is -2.01. The third-order valence-corrected chi connectivity index (χ3v) is 2.41. The van der Waals surface area contributed by atoms with Crippen molar-refractivity contribution in [1.82, 2.24) is 4.57 Å². The van der Waals surface area contributed by atoms with E-state index in [1.54, 1.807) is 0 Å². The number of aryl methyl sites for hydroxylation is 3. The van der Waals surface area contributed by atoms with E-state index in [-0.39, 0.29) is 0 Å². The molecule has 1 aromatic carbocycles. The van der Waals surface area contributed by atoms with Crippen LogP contribution in [0.15, 0.2) is 36.9 Å². The van der Waals surface area contributed by atoms with Crippen molar-refractivity contribution in [3.05, 3.63) is 48.0 Å². The van der Waals surface area contributed by atoms with Gasteiger partial charge >= 0.3 is 0 Å². The van der Waals surface area contributed by atoms with Gasteiger partial charge in [0, 0.05) is 0 Å². The van der Waals surface area contributed by atoms with Crippen LogP contribution in [0.25, 0.3) is 5.69 Å². The van der Waals surface area contributed by atoms with Crippen LogP contribution in [0.3, 0.4) is 0 Å². The Kier molecular flexibility index (Phi) is 2.12. The summed E-state index contributed by atoms with van der Waals surface area (Å²) in [5.74, 6) is 0. The lowest BCUT2D eigenvalue weighted by Crippen LogP contribution is -2.23. The highest BCUT2D eigenvalue weighted by atomic mass is 15.1. The molecule has 14 heavy (non-hydrogen) atoms. The van der Waals surface area contributed by atoms with Crippen molar-refractivity contribution in [2.45, 2.75) is 13.8 Å². The van der Waals surface area contributed by atoms with Gasteiger partial charge in [0.1, 0.15) is 18.1 Å². The van der Waals surface area contributed by atoms with Gasteiger partial charge in [-0.15, -0.1) is 0 Å². The van der Waals surface area contributed by atoms with Gasteiger partial charge in [0.15, 0.2) is 0 Å². The minimum absolute atomic E-state index is 1.26. The van der Waals surface area contributed by atoms with Gasteiger partial charge in [0.2, 0.25) is 6.33 Å². The molecule has 0 bridgehead atoms. The van der Waals surface area contributed by atoms with Crippen LogP contribution >= 0.6 is 0 Å². The lowest BCUT2D eigenvalue weighted by atomic mass is 10.1. The highest BCUT2D eigenvalue weighted by Gasteiger charge is 2.07. The van der Waals surface area contributed by atoms with E-state index in [1.807, 2.05) is 17.8 Å². The fourth-order valence-corrected chi connectivity index (χ4v) is 1.59. The Labute approximate surface area is 84.4 Å². The second kappa shape index (κ2) is 3.29. The first-order valence-electron chi connectivity index (χ1n) is 4.77. The van der Waals surface area contributed by atoms with Crippen LogP contribution in [0.1, 0.15) is 11.1 Å². The number of hydrogen-bond donors (Lipinski definition) is 0. The van der Waals surface area contributed by atoms with Crippen LogP contribution in [0, 0.1) is 13.8 Å². The first-order valence-corrected chi connectivity index (χ1v) is 4.77. The van der Waals surface area contributed by atoms with Gasteiger partial charge in [0.25, 0.3) is 0 Å². The molecule has 2 heteroatoms. The second-order valence-electron chi connectivity index (χ2n) is 3.78. The molecule has 0 amide bonds. The summed E-state index contributed by atoms with van der Waals surface area (Å²) >= 11 is 0. The summed E-state index contributed by atoms with van der Waals surface area (Å²) in [4.78, 5) is 0. The Morgan fingerprint density at radius 1 is 1.21 bits per heavy atom. The maximum atomic E-state index is 2.20. The minimum atomic E-state index is 1.26. The van der Waals surface area contributed by atoms with Crippen LogP contribution in [-0.4, -0.2) is 4.57 Å². The molecule has 0 atom stereocenters. The standard InChI is InChI=1S/C12H15N2/c1-10-4-5-11(2)12(8-10)14-7-6-13(3)9-14/h4-9H,1-3H3/q+1. The molecule has 0 aliphatic heterocycles. The van der Waals surface area contributed by atoms with Crippen LogP contribution in [0.4, 0.5) is 0 Å². The Bertz CT molecular complexity index is 455. The van der Waals surface area contributed by atoms with Crippen LogP contribution in [0.2, 0.25) is 0 Å². The van der Waals surface area contributed by atoms with E-state index < -0.39 is 0 Å².